The number of rotatable bonds is 2. The summed E-state index contributed by atoms with van der Waals surface area (Å²) in [6.07, 6.45) is 0. The van der Waals surface area contributed by atoms with E-state index in [4.69, 9.17) is 9.15 Å². The fourth-order valence-electron chi connectivity index (χ4n) is 2.53. The smallest absolute Gasteiger partial charge is 0.379 e. The summed E-state index contributed by atoms with van der Waals surface area (Å²) in [7, 11) is 0. The molecule has 0 unspecified atom stereocenters. The van der Waals surface area contributed by atoms with Gasteiger partial charge in [-0.25, -0.2) is 4.79 Å². The van der Waals surface area contributed by atoms with E-state index in [-0.39, 0.29) is 5.76 Å². The quantitative estimate of drug-likeness (QED) is 0.344. The highest BCUT2D eigenvalue weighted by Gasteiger charge is 2.16. The average Bonchev–Trinajstić information content (AvgIpc) is 3.02. The fourth-order valence-corrected chi connectivity index (χ4v) is 3.10. The van der Waals surface area contributed by atoms with Gasteiger partial charge in [0.05, 0.1) is 4.47 Å². The maximum absolute atomic E-state index is 12.3. The molecular formula is C19H11BrO3. The third-order valence-corrected chi connectivity index (χ3v) is 4.48. The minimum Gasteiger partial charge on any atom is -0.449 e. The van der Waals surface area contributed by atoms with Crippen LogP contribution in [0.3, 0.4) is 0 Å². The highest BCUT2D eigenvalue weighted by Crippen LogP contribution is 2.33. The Balaban J connectivity index is 1.69. The molecule has 4 heteroatoms. The van der Waals surface area contributed by atoms with Gasteiger partial charge in [0, 0.05) is 5.39 Å². The van der Waals surface area contributed by atoms with Crippen LogP contribution in [0.1, 0.15) is 10.6 Å². The lowest BCUT2D eigenvalue weighted by atomic mass is 10.1. The van der Waals surface area contributed by atoms with Crippen LogP contribution in [-0.4, -0.2) is 5.97 Å². The van der Waals surface area contributed by atoms with Crippen molar-refractivity contribution in [1.29, 1.82) is 0 Å². The molecule has 112 valence electrons. The van der Waals surface area contributed by atoms with Crippen molar-refractivity contribution in [3.05, 3.63) is 77.0 Å². The second-order valence-electron chi connectivity index (χ2n) is 5.14. The maximum Gasteiger partial charge on any atom is 0.379 e. The second kappa shape index (κ2) is 5.56. The Morgan fingerprint density at radius 1 is 0.913 bits per heavy atom. The van der Waals surface area contributed by atoms with Crippen LogP contribution >= 0.6 is 15.9 Å². The van der Waals surface area contributed by atoms with Gasteiger partial charge in [-0.3, -0.25) is 0 Å². The summed E-state index contributed by atoms with van der Waals surface area (Å²) in [6.45, 7) is 0. The van der Waals surface area contributed by atoms with Crippen molar-refractivity contribution in [1.82, 2.24) is 0 Å². The Morgan fingerprint density at radius 2 is 1.65 bits per heavy atom. The van der Waals surface area contributed by atoms with Gasteiger partial charge in [0.15, 0.2) is 0 Å². The monoisotopic (exact) mass is 366 g/mol. The van der Waals surface area contributed by atoms with Crippen LogP contribution in [-0.2, 0) is 0 Å². The van der Waals surface area contributed by atoms with Gasteiger partial charge >= 0.3 is 5.97 Å². The number of carbonyl (C=O) groups is 1. The standard InChI is InChI=1S/C19H11BrO3/c20-18-14-7-3-1-5-12(14)9-10-16(18)23-19(21)17-11-13-6-2-4-8-15(13)22-17/h1-11H. The normalized spacial score (nSPS) is 11.0. The molecule has 0 radical (unpaired) electrons. The number of furan rings is 1. The molecule has 0 N–H and O–H groups in total. The summed E-state index contributed by atoms with van der Waals surface area (Å²) in [5.74, 6) is 0.137. The molecular weight excluding hydrogens is 356 g/mol. The van der Waals surface area contributed by atoms with Gasteiger partial charge < -0.3 is 9.15 Å². The summed E-state index contributed by atoms with van der Waals surface area (Å²) in [4.78, 5) is 12.3. The SMILES string of the molecule is O=C(Oc1ccc2ccccc2c1Br)c1cc2ccccc2o1. The number of hydrogen-bond donors (Lipinski definition) is 0. The molecule has 1 aromatic heterocycles. The number of esters is 1. The highest BCUT2D eigenvalue weighted by atomic mass is 79.9. The highest BCUT2D eigenvalue weighted by molar-refractivity contribution is 9.10. The second-order valence-corrected chi connectivity index (χ2v) is 5.93. The molecule has 0 bridgehead atoms. The van der Waals surface area contributed by atoms with Gasteiger partial charge in [-0.05, 0) is 44.9 Å². The lowest BCUT2D eigenvalue weighted by Crippen LogP contribution is -2.07. The largest absolute Gasteiger partial charge is 0.449 e. The number of hydrogen-bond acceptors (Lipinski definition) is 3. The van der Waals surface area contributed by atoms with Crippen LogP contribution in [0.25, 0.3) is 21.7 Å². The number of para-hydroxylation sites is 1. The number of halogens is 1. The molecule has 0 amide bonds. The zero-order valence-electron chi connectivity index (χ0n) is 12.0. The van der Waals surface area contributed by atoms with Gasteiger partial charge in [0.25, 0.3) is 0 Å². The van der Waals surface area contributed by atoms with Crippen molar-refractivity contribution in [2.45, 2.75) is 0 Å². The zero-order chi connectivity index (χ0) is 15.8. The number of ether oxygens (including phenoxy) is 1. The number of carbonyl (C=O) groups excluding carboxylic acids is 1. The van der Waals surface area contributed by atoms with Crippen molar-refractivity contribution >= 4 is 43.6 Å². The van der Waals surface area contributed by atoms with Crippen LogP contribution in [0.4, 0.5) is 0 Å². The Bertz CT molecular complexity index is 1000. The molecule has 4 aromatic rings. The zero-order valence-corrected chi connectivity index (χ0v) is 13.5. The first-order chi connectivity index (χ1) is 11.2. The molecule has 0 aliphatic carbocycles. The van der Waals surface area contributed by atoms with E-state index in [1.54, 1.807) is 12.1 Å². The molecule has 0 saturated heterocycles. The molecule has 0 atom stereocenters. The minimum atomic E-state index is -0.516. The van der Waals surface area contributed by atoms with Crippen LogP contribution in [0.5, 0.6) is 5.75 Å². The van der Waals surface area contributed by atoms with Gasteiger partial charge in [-0.15, -0.1) is 0 Å². The van der Waals surface area contributed by atoms with Crippen LogP contribution in [0, 0.1) is 0 Å². The van der Waals surface area contributed by atoms with E-state index in [1.807, 2.05) is 54.6 Å². The first-order valence-electron chi connectivity index (χ1n) is 7.10. The van der Waals surface area contributed by atoms with Crippen LogP contribution < -0.4 is 4.74 Å². The van der Waals surface area contributed by atoms with E-state index in [9.17, 15) is 4.79 Å². The molecule has 4 rings (SSSR count). The fraction of sp³-hybridized carbons (Fsp3) is 0. The molecule has 3 nitrogen and oxygen atoms in total. The molecule has 1 heterocycles. The average molecular weight is 367 g/mol. The van der Waals surface area contributed by atoms with Crippen molar-refractivity contribution in [3.63, 3.8) is 0 Å². The first kappa shape index (κ1) is 14.0. The third kappa shape index (κ3) is 2.51. The van der Waals surface area contributed by atoms with Gasteiger partial charge in [0.1, 0.15) is 11.3 Å². The van der Waals surface area contributed by atoms with E-state index < -0.39 is 5.97 Å². The minimum absolute atomic E-state index is 0.186. The molecule has 23 heavy (non-hydrogen) atoms. The molecule has 0 aliphatic rings. The lowest BCUT2D eigenvalue weighted by molar-refractivity contribution is 0.0703. The summed E-state index contributed by atoms with van der Waals surface area (Å²) in [6, 6.07) is 20.7. The third-order valence-electron chi connectivity index (χ3n) is 3.66. The van der Waals surface area contributed by atoms with Gasteiger partial charge in [-0.1, -0.05) is 48.5 Å². The lowest BCUT2D eigenvalue weighted by Gasteiger charge is -2.07. The van der Waals surface area contributed by atoms with E-state index in [2.05, 4.69) is 15.9 Å². The molecule has 0 spiro atoms. The molecule has 3 aromatic carbocycles. The number of benzene rings is 3. The van der Waals surface area contributed by atoms with E-state index in [1.165, 1.54) is 0 Å². The number of fused-ring (bicyclic) bond motifs is 2. The maximum atomic E-state index is 12.3. The summed E-state index contributed by atoms with van der Waals surface area (Å²) < 4.78 is 11.8. The molecule has 0 saturated carbocycles. The Hall–Kier alpha value is -2.59. The van der Waals surface area contributed by atoms with Gasteiger partial charge in [-0.2, -0.15) is 0 Å². The van der Waals surface area contributed by atoms with Crippen molar-refractivity contribution in [3.8, 4) is 5.75 Å². The Labute approximate surface area is 140 Å². The molecule has 0 fully saturated rings. The van der Waals surface area contributed by atoms with E-state index in [0.29, 0.717) is 11.3 Å². The predicted octanol–water partition coefficient (Wildman–Crippen LogP) is 5.57. The Kier molecular flexibility index (Phi) is 3.39. The van der Waals surface area contributed by atoms with Crippen molar-refractivity contribution in [2.75, 3.05) is 0 Å². The van der Waals surface area contributed by atoms with Crippen molar-refractivity contribution < 1.29 is 13.9 Å². The van der Waals surface area contributed by atoms with Crippen LogP contribution in [0.15, 0.2) is 75.6 Å². The predicted molar refractivity (Wildman–Crippen MR) is 92.8 cm³/mol. The Morgan fingerprint density at radius 3 is 2.48 bits per heavy atom. The topological polar surface area (TPSA) is 39.4 Å². The summed E-state index contributed by atoms with van der Waals surface area (Å²) in [5.41, 5.74) is 0.664. The molecule has 0 aliphatic heterocycles. The van der Waals surface area contributed by atoms with Crippen LogP contribution in [0.2, 0.25) is 0 Å². The van der Waals surface area contributed by atoms with Crippen molar-refractivity contribution in [2.24, 2.45) is 0 Å². The van der Waals surface area contributed by atoms with Gasteiger partial charge in [0.2, 0.25) is 5.76 Å². The first-order valence-corrected chi connectivity index (χ1v) is 7.90. The summed E-state index contributed by atoms with van der Waals surface area (Å²) >= 11 is 3.51. The summed E-state index contributed by atoms with van der Waals surface area (Å²) in [5, 5.41) is 2.93. The van der Waals surface area contributed by atoms with E-state index >= 15 is 0 Å². The van der Waals surface area contributed by atoms with E-state index in [0.717, 1.165) is 20.6 Å².